The quantitative estimate of drug-likeness (QED) is 0.809. The standard InChI is InChI=1S/C13H19N5O/c1-4-17-8-6-12(15-17)9-16(3)13(19)10-18-11(2)5-7-14-18/h5-8H,4,9-10H2,1-3H3. The minimum absolute atomic E-state index is 0.0258. The first-order chi connectivity index (χ1) is 9.10. The van der Waals surface area contributed by atoms with Gasteiger partial charge in [0, 0.05) is 31.7 Å². The average Bonchev–Trinajstić information content (AvgIpc) is 2.99. The van der Waals surface area contributed by atoms with Gasteiger partial charge in [-0.05, 0) is 26.0 Å². The van der Waals surface area contributed by atoms with E-state index < -0.39 is 0 Å². The summed E-state index contributed by atoms with van der Waals surface area (Å²) in [6, 6.07) is 3.82. The number of likely N-dealkylation sites (N-methyl/N-ethyl adjacent to an activating group) is 1. The van der Waals surface area contributed by atoms with Gasteiger partial charge in [0.05, 0.1) is 12.2 Å². The summed E-state index contributed by atoms with van der Waals surface area (Å²) < 4.78 is 3.55. The highest BCUT2D eigenvalue weighted by Crippen LogP contribution is 2.03. The second-order valence-electron chi connectivity index (χ2n) is 4.54. The molecule has 2 heterocycles. The van der Waals surface area contributed by atoms with Crippen molar-refractivity contribution in [1.29, 1.82) is 0 Å². The molecule has 2 rings (SSSR count). The molecular formula is C13H19N5O. The lowest BCUT2D eigenvalue weighted by atomic mass is 10.4. The van der Waals surface area contributed by atoms with Crippen molar-refractivity contribution in [3.63, 3.8) is 0 Å². The summed E-state index contributed by atoms with van der Waals surface area (Å²) in [5.41, 5.74) is 1.88. The third-order valence-electron chi connectivity index (χ3n) is 3.06. The molecule has 2 aromatic heterocycles. The molecule has 0 saturated carbocycles. The number of aromatic nitrogens is 4. The number of nitrogens with zero attached hydrogens (tertiary/aromatic N) is 5. The number of carbonyl (C=O) groups is 1. The van der Waals surface area contributed by atoms with Crippen LogP contribution in [0.1, 0.15) is 18.3 Å². The average molecular weight is 261 g/mol. The lowest BCUT2D eigenvalue weighted by Crippen LogP contribution is -2.30. The van der Waals surface area contributed by atoms with Crippen LogP contribution < -0.4 is 0 Å². The van der Waals surface area contributed by atoms with Gasteiger partial charge >= 0.3 is 0 Å². The second-order valence-corrected chi connectivity index (χ2v) is 4.54. The molecule has 2 aromatic rings. The maximum Gasteiger partial charge on any atom is 0.244 e. The van der Waals surface area contributed by atoms with Crippen LogP contribution in [0.5, 0.6) is 0 Å². The maximum atomic E-state index is 12.1. The number of aryl methyl sites for hydroxylation is 2. The van der Waals surface area contributed by atoms with E-state index in [9.17, 15) is 4.79 Å². The van der Waals surface area contributed by atoms with Crippen LogP contribution in [0.25, 0.3) is 0 Å². The van der Waals surface area contributed by atoms with E-state index in [0.29, 0.717) is 6.54 Å². The molecule has 0 N–H and O–H groups in total. The van der Waals surface area contributed by atoms with E-state index in [0.717, 1.165) is 17.9 Å². The molecule has 0 unspecified atom stereocenters. The van der Waals surface area contributed by atoms with E-state index in [2.05, 4.69) is 10.2 Å². The van der Waals surface area contributed by atoms with Gasteiger partial charge in [0.1, 0.15) is 6.54 Å². The first kappa shape index (κ1) is 13.3. The Bertz CT molecular complexity index is 557. The Morgan fingerprint density at radius 2 is 2.21 bits per heavy atom. The Morgan fingerprint density at radius 3 is 2.79 bits per heavy atom. The molecule has 102 valence electrons. The molecule has 0 aromatic carbocycles. The van der Waals surface area contributed by atoms with Crippen LogP contribution in [0.2, 0.25) is 0 Å². The van der Waals surface area contributed by atoms with Gasteiger partial charge < -0.3 is 4.90 Å². The van der Waals surface area contributed by atoms with Crippen LogP contribution in [0.15, 0.2) is 24.5 Å². The summed E-state index contributed by atoms with van der Waals surface area (Å²) in [5.74, 6) is 0.0258. The highest BCUT2D eigenvalue weighted by molar-refractivity contribution is 5.75. The van der Waals surface area contributed by atoms with E-state index >= 15 is 0 Å². The van der Waals surface area contributed by atoms with Crippen LogP contribution in [0.3, 0.4) is 0 Å². The van der Waals surface area contributed by atoms with E-state index in [4.69, 9.17) is 0 Å². The number of amides is 1. The summed E-state index contributed by atoms with van der Waals surface area (Å²) in [4.78, 5) is 13.7. The summed E-state index contributed by atoms with van der Waals surface area (Å²) in [7, 11) is 1.78. The third kappa shape index (κ3) is 3.21. The molecule has 0 atom stereocenters. The predicted octanol–water partition coefficient (Wildman–Crippen LogP) is 1.07. The highest BCUT2D eigenvalue weighted by atomic mass is 16.2. The van der Waals surface area contributed by atoms with Crippen LogP contribution in [-0.2, 0) is 24.4 Å². The molecule has 0 saturated heterocycles. The van der Waals surface area contributed by atoms with Crippen molar-refractivity contribution < 1.29 is 4.79 Å². The van der Waals surface area contributed by atoms with Crippen molar-refractivity contribution in [3.8, 4) is 0 Å². The van der Waals surface area contributed by atoms with Gasteiger partial charge in [0.15, 0.2) is 0 Å². The van der Waals surface area contributed by atoms with Crippen LogP contribution in [-0.4, -0.2) is 37.4 Å². The summed E-state index contributed by atoms with van der Waals surface area (Å²) in [5, 5.41) is 8.48. The van der Waals surface area contributed by atoms with E-state index in [1.807, 2.05) is 36.9 Å². The van der Waals surface area contributed by atoms with Gasteiger partial charge in [-0.15, -0.1) is 0 Å². The van der Waals surface area contributed by atoms with E-state index in [-0.39, 0.29) is 12.5 Å². The zero-order valence-electron chi connectivity index (χ0n) is 11.6. The van der Waals surface area contributed by atoms with Crippen LogP contribution in [0.4, 0.5) is 0 Å². The zero-order valence-corrected chi connectivity index (χ0v) is 11.6. The first-order valence-electron chi connectivity index (χ1n) is 6.35. The summed E-state index contributed by atoms with van der Waals surface area (Å²) >= 11 is 0. The largest absolute Gasteiger partial charge is 0.338 e. The number of hydrogen-bond donors (Lipinski definition) is 0. The summed E-state index contributed by atoms with van der Waals surface area (Å²) in [6.45, 7) is 5.59. The Balaban J connectivity index is 1.94. The van der Waals surface area contributed by atoms with Crippen LogP contribution >= 0.6 is 0 Å². The molecule has 0 bridgehead atoms. The first-order valence-corrected chi connectivity index (χ1v) is 6.35. The molecule has 0 aliphatic carbocycles. The molecule has 6 heteroatoms. The van der Waals surface area contributed by atoms with Gasteiger partial charge in [-0.25, -0.2) is 0 Å². The SMILES string of the molecule is CCn1ccc(CN(C)C(=O)Cn2nccc2C)n1. The molecule has 1 amide bonds. The van der Waals surface area contributed by atoms with Gasteiger partial charge in [0.25, 0.3) is 0 Å². The Labute approximate surface area is 112 Å². The molecule has 0 aliphatic heterocycles. The van der Waals surface area contributed by atoms with Gasteiger partial charge in [-0.3, -0.25) is 14.2 Å². The highest BCUT2D eigenvalue weighted by Gasteiger charge is 2.12. The van der Waals surface area contributed by atoms with Gasteiger partial charge in [-0.2, -0.15) is 10.2 Å². The Morgan fingerprint density at radius 1 is 1.42 bits per heavy atom. The zero-order chi connectivity index (χ0) is 13.8. The second kappa shape index (κ2) is 5.69. The molecule has 0 aliphatic rings. The molecular weight excluding hydrogens is 242 g/mol. The van der Waals surface area contributed by atoms with Crippen molar-refractivity contribution in [1.82, 2.24) is 24.5 Å². The van der Waals surface area contributed by atoms with Crippen molar-refractivity contribution >= 4 is 5.91 Å². The third-order valence-corrected chi connectivity index (χ3v) is 3.06. The van der Waals surface area contributed by atoms with Crippen LogP contribution in [0, 0.1) is 6.92 Å². The molecule has 0 spiro atoms. The van der Waals surface area contributed by atoms with Crippen molar-refractivity contribution in [3.05, 3.63) is 35.9 Å². The number of carbonyl (C=O) groups excluding carboxylic acids is 1. The Hall–Kier alpha value is -2.11. The lowest BCUT2D eigenvalue weighted by Gasteiger charge is -2.16. The number of rotatable bonds is 5. The molecule has 19 heavy (non-hydrogen) atoms. The lowest BCUT2D eigenvalue weighted by molar-refractivity contribution is -0.131. The topological polar surface area (TPSA) is 56.0 Å². The normalized spacial score (nSPS) is 10.7. The molecule has 6 nitrogen and oxygen atoms in total. The Kier molecular flexibility index (Phi) is 3.99. The smallest absolute Gasteiger partial charge is 0.244 e. The summed E-state index contributed by atoms with van der Waals surface area (Å²) in [6.07, 6.45) is 3.62. The minimum Gasteiger partial charge on any atom is -0.338 e. The fourth-order valence-corrected chi connectivity index (χ4v) is 1.81. The van der Waals surface area contributed by atoms with Crippen molar-refractivity contribution in [2.75, 3.05) is 7.05 Å². The van der Waals surface area contributed by atoms with Crippen molar-refractivity contribution in [2.45, 2.75) is 33.5 Å². The minimum atomic E-state index is 0.0258. The number of hydrogen-bond acceptors (Lipinski definition) is 3. The monoisotopic (exact) mass is 261 g/mol. The fraction of sp³-hybridized carbons (Fsp3) is 0.462. The van der Waals surface area contributed by atoms with E-state index in [1.54, 1.807) is 22.8 Å². The molecule has 0 radical (unpaired) electrons. The maximum absolute atomic E-state index is 12.1. The van der Waals surface area contributed by atoms with Gasteiger partial charge in [0.2, 0.25) is 5.91 Å². The van der Waals surface area contributed by atoms with Gasteiger partial charge in [-0.1, -0.05) is 0 Å². The van der Waals surface area contributed by atoms with E-state index in [1.165, 1.54) is 0 Å². The fourth-order valence-electron chi connectivity index (χ4n) is 1.81. The molecule has 0 fully saturated rings. The van der Waals surface area contributed by atoms with Crippen molar-refractivity contribution in [2.24, 2.45) is 0 Å². The predicted molar refractivity (Wildman–Crippen MR) is 71.3 cm³/mol.